The fourth-order valence-corrected chi connectivity index (χ4v) is 3.06. The second kappa shape index (κ2) is 5.09. The molecule has 1 rings (SSSR count). The smallest absolute Gasteiger partial charge is 0.211 e. The Morgan fingerprint density at radius 3 is 2.64 bits per heavy atom. The van der Waals surface area contributed by atoms with Crippen molar-refractivity contribution in [3.63, 3.8) is 0 Å². The largest absolute Gasteiger partial charge is 0.328 e. The van der Waals surface area contributed by atoms with Crippen molar-refractivity contribution in [1.82, 2.24) is 4.72 Å². The molecule has 0 spiro atoms. The molecule has 0 aromatic carbocycles. The van der Waals surface area contributed by atoms with E-state index in [1.807, 2.05) is 6.92 Å². The van der Waals surface area contributed by atoms with Gasteiger partial charge in [-0.05, 0) is 31.6 Å². The zero-order chi connectivity index (χ0) is 10.6. The van der Waals surface area contributed by atoms with Crippen molar-refractivity contribution in [2.45, 2.75) is 38.6 Å². The molecule has 1 aliphatic rings. The molecule has 2 atom stereocenters. The first kappa shape index (κ1) is 11.9. The Kier molecular flexibility index (Phi) is 4.34. The summed E-state index contributed by atoms with van der Waals surface area (Å²) in [5.74, 6) is 0.669. The summed E-state index contributed by atoms with van der Waals surface area (Å²) >= 11 is 0. The van der Waals surface area contributed by atoms with E-state index in [1.165, 1.54) is 0 Å². The number of nitrogens with one attached hydrogen (secondary N) is 1. The molecule has 4 nitrogen and oxygen atoms in total. The molecule has 1 saturated carbocycles. The zero-order valence-corrected chi connectivity index (χ0v) is 9.52. The molecule has 0 aromatic heterocycles. The predicted octanol–water partition coefficient (Wildman–Crippen LogP) is 0.443. The van der Waals surface area contributed by atoms with Crippen LogP contribution in [0.5, 0.6) is 0 Å². The van der Waals surface area contributed by atoms with Gasteiger partial charge in [-0.1, -0.05) is 6.92 Å². The van der Waals surface area contributed by atoms with Crippen molar-refractivity contribution in [3.05, 3.63) is 0 Å². The van der Waals surface area contributed by atoms with Crippen LogP contribution in [0.15, 0.2) is 0 Å². The van der Waals surface area contributed by atoms with E-state index in [0.29, 0.717) is 18.9 Å². The normalized spacial score (nSPS) is 28.1. The van der Waals surface area contributed by atoms with Crippen molar-refractivity contribution >= 4 is 10.0 Å². The van der Waals surface area contributed by atoms with E-state index in [4.69, 9.17) is 5.73 Å². The summed E-state index contributed by atoms with van der Waals surface area (Å²) in [4.78, 5) is 0. The summed E-state index contributed by atoms with van der Waals surface area (Å²) in [5.41, 5.74) is 5.75. The van der Waals surface area contributed by atoms with Crippen LogP contribution in [0.1, 0.15) is 32.6 Å². The lowest BCUT2D eigenvalue weighted by atomic mass is 10.1. The molecule has 0 bridgehead atoms. The molecule has 0 heterocycles. The number of rotatable bonds is 5. The summed E-state index contributed by atoms with van der Waals surface area (Å²) in [5, 5.41) is 0. The molecule has 14 heavy (non-hydrogen) atoms. The van der Waals surface area contributed by atoms with Crippen LogP contribution < -0.4 is 10.5 Å². The molecule has 5 heteroatoms. The molecular formula is C9H20N2O2S. The Labute approximate surface area is 86.3 Å². The number of hydrogen-bond acceptors (Lipinski definition) is 3. The van der Waals surface area contributed by atoms with Crippen molar-refractivity contribution in [2.24, 2.45) is 11.7 Å². The van der Waals surface area contributed by atoms with Crippen molar-refractivity contribution in [1.29, 1.82) is 0 Å². The molecule has 1 fully saturated rings. The summed E-state index contributed by atoms with van der Waals surface area (Å²) in [7, 11) is -3.03. The quantitative estimate of drug-likeness (QED) is 0.706. The number of nitrogens with two attached hydrogens (primary N) is 1. The highest BCUT2D eigenvalue weighted by atomic mass is 32.2. The van der Waals surface area contributed by atoms with E-state index in [2.05, 4.69) is 4.72 Å². The van der Waals surface area contributed by atoms with E-state index in [1.54, 1.807) is 0 Å². The molecule has 0 aromatic rings. The van der Waals surface area contributed by atoms with Gasteiger partial charge in [-0.15, -0.1) is 0 Å². The predicted molar refractivity (Wildman–Crippen MR) is 57.4 cm³/mol. The van der Waals surface area contributed by atoms with Gasteiger partial charge in [0.2, 0.25) is 10.0 Å². The summed E-state index contributed by atoms with van der Waals surface area (Å²) < 4.78 is 25.3. The summed E-state index contributed by atoms with van der Waals surface area (Å²) in [6.07, 6.45) is 3.70. The monoisotopic (exact) mass is 220 g/mol. The van der Waals surface area contributed by atoms with Crippen molar-refractivity contribution in [3.8, 4) is 0 Å². The molecule has 1 aliphatic carbocycles. The maximum Gasteiger partial charge on any atom is 0.211 e. The average molecular weight is 220 g/mol. The SMILES string of the molecule is CCCS(=O)(=O)NCC1CCC(N)C1. The molecule has 0 aliphatic heterocycles. The minimum absolute atomic E-state index is 0.228. The van der Waals surface area contributed by atoms with Crippen LogP contribution in [0, 0.1) is 5.92 Å². The lowest BCUT2D eigenvalue weighted by Crippen LogP contribution is -2.31. The van der Waals surface area contributed by atoms with Gasteiger partial charge in [-0.3, -0.25) is 0 Å². The second-order valence-corrected chi connectivity index (χ2v) is 6.03. The number of sulfonamides is 1. The van der Waals surface area contributed by atoms with Crippen molar-refractivity contribution in [2.75, 3.05) is 12.3 Å². The van der Waals surface area contributed by atoms with E-state index < -0.39 is 10.0 Å². The first-order valence-corrected chi connectivity index (χ1v) is 6.91. The third-order valence-electron chi connectivity index (χ3n) is 2.65. The summed E-state index contributed by atoms with van der Waals surface area (Å²) in [6.45, 7) is 2.43. The third kappa shape index (κ3) is 3.94. The molecule has 0 saturated heterocycles. The lowest BCUT2D eigenvalue weighted by molar-refractivity contribution is 0.512. The fourth-order valence-electron chi connectivity index (χ4n) is 1.88. The Morgan fingerprint density at radius 2 is 2.14 bits per heavy atom. The highest BCUT2D eigenvalue weighted by Crippen LogP contribution is 2.23. The van der Waals surface area contributed by atoms with E-state index in [9.17, 15) is 8.42 Å². The van der Waals surface area contributed by atoms with Crippen LogP contribution in [0.2, 0.25) is 0 Å². The van der Waals surface area contributed by atoms with Crippen LogP contribution in [0.25, 0.3) is 0 Å². The lowest BCUT2D eigenvalue weighted by Gasteiger charge is -2.10. The minimum Gasteiger partial charge on any atom is -0.328 e. The van der Waals surface area contributed by atoms with Gasteiger partial charge in [0.1, 0.15) is 0 Å². The molecule has 0 radical (unpaired) electrons. The first-order chi connectivity index (χ1) is 6.53. The second-order valence-electron chi connectivity index (χ2n) is 4.11. The van der Waals surface area contributed by atoms with Gasteiger partial charge in [0.25, 0.3) is 0 Å². The van der Waals surface area contributed by atoms with Crippen LogP contribution in [-0.4, -0.2) is 26.8 Å². The Morgan fingerprint density at radius 1 is 1.43 bits per heavy atom. The van der Waals surface area contributed by atoms with Gasteiger partial charge in [0.05, 0.1) is 5.75 Å². The van der Waals surface area contributed by atoms with Gasteiger partial charge < -0.3 is 5.73 Å². The molecular weight excluding hydrogens is 200 g/mol. The van der Waals surface area contributed by atoms with Gasteiger partial charge in [-0.2, -0.15) is 0 Å². The van der Waals surface area contributed by atoms with Gasteiger partial charge in [0, 0.05) is 12.6 Å². The first-order valence-electron chi connectivity index (χ1n) is 5.26. The van der Waals surface area contributed by atoms with Crippen molar-refractivity contribution < 1.29 is 8.42 Å². The third-order valence-corrected chi connectivity index (χ3v) is 4.20. The van der Waals surface area contributed by atoms with E-state index >= 15 is 0 Å². The van der Waals surface area contributed by atoms with Crippen LogP contribution in [-0.2, 0) is 10.0 Å². The van der Waals surface area contributed by atoms with Gasteiger partial charge >= 0.3 is 0 Å². The highest BCUT2D eigenvalue weighted by Gasteiger charge is 2.22. The average Bonchev–Trinajstić information content (AvgIpc) is 2.48. The maximum absolute atomic E-state index is 11.3. The summed E-state index contributed by atoms with van der Waals surface area (Å²) in [6, 6.07) is 0.274. The Balaban J connectivity index is 2.26. The van der Waals surface area contributed by atoms with Crippen LogP contribution in [0.4, 0.5) is 0 Å². The molecule has 2 unspecified atom stereocenters. The van der Waals surface area contributed by atoms with Crippen LogP contribution in [0.3, 0.4) is 0 Å². The maximum atomic E-state index is 11.3. The van der Waals surface area contributed by atoms with E-state index in [-0.39, 0.29) is 11.8 Å². The van der Waals surface area contributed by atoms with Gasteiger partial charge in [0.15, 0.2) is 0 Å². The van der Waals surface area contributed by atoms with E-state index in [0.717, 1.165) is 19.3 Å². The molecule has 0 amide bonds. The molecule has 84 valence electrons. The zero-order valence-electron chi connectivity index (χ0n) is 8.70. The fraction of sp³-hybridized carbons (Fsp3) is 1.00. The Bertz CT molecular complexity index is 264. The highest BCUT2D eigenvalue weighted by molar-refractivity contribution is 7.89. The van der Waals surface area contributed by atoms with Gasteiger partial charge in [-0.25, -0.2) is 13.1 Å². The molecule has 3 N–H and O–H groups in total. The standard InChI is InChI=1S/C9H20N2O2S/c1-2-5-14(12,13)11-7-8-3-4-9(10)6-8/h8-9,11H,2-7,10H2,1H3. The minimum atomic E-state index is -3.03. The number of hydrogen-bond donors (Lipinski definition) is 2. The Hall–Kier alpha value is -0.130. The topological polar surface area (TPSA) is 72.2 Å². The van der Waals surface area contributed by atoms with Crippen LogP contribution >= 0.6 is 0 Å².